The Balaban J connectivity index is 1.70. The van der Waals surface area contributed by atoms with Crippen LogP contribution in [0.25, 0.3) is 0 Å². The maximum atomic E-state index is 13.8. The summed E-state index contributed by atoms with van der Waals surface area (Å²) in [5.41, 5.74) is 4.45. The van der Waals surface area contributed by atoms with E-state index in [1.807, 2.05) is 0 Å². The molecule has 5 atom stereocenters. The fourth-order valence-electron chi connectivity index (χ4n) is 6.63. The first kappa shape index (κ1) is 21.8. The van der Waals surface area contributed by atoms with E-state index >= 15 is 0 Å². The van der Waals surface area contributed by atoms with Gasteiger partial charge in [-0.3, -0.25) is 0 Å². The lowest BCUT2D eigenvalue weighted by Crippen LogP contribution is -2.36. The summed E-state index contributed by atoms with van der Waals surface area (Å²) in [6.45, 7) is 14.0. The number of fused-ring (bicyclic) bond motifs is 1. The number of hydrogen-bond acceptors (Lipinski definition) is 0. The summed E-state index contributed by atoms with van der Waals surface area (Å²) in [5, 5.41) is 0. The van der Waals surface area contributed by atoms with Crippen LogP contribution in [-0.2, 0) is 0 Å². The minimum absolute atomic E-state index is 0.478. The van der Waals surface area contributed by atoms with E-state index in [2.05, 4.69) is 46.4 Å². The second kappa shape index (κ2) is 9.31. The molecule has 28 heavy (non-hydrogen) atoms. The fraction of sp³-hybridized carbons (Fsp3) is 0.778. The van der Waals surface area contributed by atoms with Crippen molar-refractivity contribution in [3.8, 4) is 0 Å². The number of allylic oxidation sites excluding steroid dienone is 5. The van der Waals surface area contributed by atoms with Crippen LogP contribution in [0.5, 0.6) is 0 Å². The third-order valence-corrected chi connectivity index (χ3v) is 8.32. The molecular formula is C27H43F. The van der Waals surface area contributed by atoms with E-state index in [1.54, 1.807) is 5.57 Å². The summed E-state index contributed by atoms with van der Waals surface area (Å²) in [6.07, 6.45) is 16.9. The topological polar surface area (TPSA) is 0 Å². The first-order valence-electron chi connectivity index (χ1n) is 12.0. The normalized spacial score (nSPS) is 37.6. The first-order valence-corrected chi connectivity index (χ1v) is 12.0. The van der Waals surface area contributed by atoms with Crippen molar-refractivity contribution in [1.29, 1.82) is 0 Å². The summed E-state index contributed by atoms with van der Waals surface area (Å²) >= 11 is 0. The molecule has 0 aromatic rings. The van der Waals surface area contributed by atoms with E-state index in [0.717, 1.165) is 41.2 Å². The van der Waals surface area contributed by atoms with Crippen LogP contribution in [0.1, 0.15) is 98.3 Å². The van der Waals surface area contributed by atoms with Gasteiger partial charge in [0, 0.05) is 6.42 Å². The van der Waals surface area contributed by atoms with Crippen LogP contribution in [0.2, 0.25) is 0 Å². The van der Waals surface area contributed by atoms with E-state index < -0.39 is 6.17 Å². The van der Waals surface area contributed by atoms with Gasteiger partial charge in [-0.25, -0.2) is 4.39 Å². The SMILES string of the molecule is C=C1CC[C@H](F)C/C1=C\C=C1/CCC[C@]2(C)[C@@H]([C@H](C)CCCC(C)C)CC[C@@H]12. The van der Waals surface area contributed by atoms with Gasteiger partial charge < -0.3 is 0 Å². The highest BCUT2D eigenvalue weighted by Crippen LogP contribution is 2.59. The highest BCUT2D eigenvalue weighted by atomic mass is 19.1. The van der Waals surface area contributed by atoms with Crippen LogP contribution < -0.4 is 0 Å². The molecule has 0 aromatic carbocycles. The third-order valence-electron chi connectivity index (χ3n) is 8.32. The van der Waals surface area contributed by atoms with Gasteiger partial charge in [0.05, 0.1) is 0 Å². The maximum Gasteiger partial charge on any atom is 0.104 e. The van der Waals surface area contributed by atoms with Gasteiger partial charge in [-0.1, -0.05) is 76.8 Å². The van der Waals surface area contributed by atoms with Gasteiger partial charge in [-0.15, -0.1) is 0 Å². The molecule has 0 spiro atoms. The quantitative estimate of drug-likeness (QED) is 0.428. The summed E-state index contributed by atoms with van der Waals surface area (Å²) in [5.74, 6) is 3.29. The minimum atomic E-state index is -0.672. The Labute approximate surface area is 173 Å². The van der Waals surface area contributed by atoms with Crippen molar-refractivity contribution in [2.24, 2.45) is 29.1 Å². The van der Waals surface area contributed by atoms with Gasteiger partial charge in [-0.2, -0.15) is 0 Å². The minimum Gasteiger partial charge on any atom is -0.247 e. The monoisotopic (exact) mass is 386 g/mol. The van der Waals surface area contributed by atoms with E-state index in [1.165, 1.54) is 51.4 Å². The standard InChI is InChI=1S/C27H43F/c1-19(2)8-6-9-21(4)25-15-16-26-22(10-7-17-27(25,26)5)12-13-23-18-24(28)14-11-20(23)3/h12-13,19,21,24-26H,3,6-11,14-18H2,1-2,4-5H3/b22-12+,23-13+/t21-,24+,25-,26+,27-/m1/s1. The molecule has 3 fully saturated rings. The summed E-state index contributed by atoms with van der Waals surface area (Å²) in [6, 6.07) is 0. The Morgan fingerprint density at radius 3 is 2.64 bits per heavy atom. The molecular weight excluding hydrogens is 343 g/mol. The molecule has 0 unspecified atom stereocenters. The first-order chi connectivity index (χ1) is 13.3. The Hall–Kier alpha value is -0.850. The van der Waals surface area contributed by atoms with Gasteiger partial charge in [0.15, 0.2) is 0 Å². The molecule has 0 N–H and O–H groups in total. The second-order valence-corrected chi connectivity index (χ2v) is 10.8. The number of alkyl halides is 1. The average Bonchev–Trinajstić information content (AvgIpc) is 2.99. The molecule has 158 valence electrons. The van der Waals surface area contributed by atoms with E-state index in [4.69, 9.17) is 0 Å². The van der Waals surface area contributed by atoms with Crippen LogP contribution in [0.15, 0.2) is 35.5 Å². The van der Waals surface area contributed by atoms with Gasteiger partial charge in [0.25, 0.3) is 0 Å². The average molecular weight is 387 g/mol. The zero-order valence-electron chi connectivity index (χ0n) is 18.9. The van der Waals surface area contributed by atoms with Crippen molar-refractivity contribution in [2.75, 3.05) is 0 Å². The Kier molecular flexibility index (Phi) is 7.26. The van der Waals surface area contributed by atoms with Gasteiger partial charge >= 0.3 is 0 Å². The zero-order chi connectivity index (χ0) is 20.3. The molecule has 0 aliphatic heterocycles. The lowest BCUT2D eigenvalue weighted by Gasteiger charge is -2.44. The molecule has 0 nitrogen and oxygen atoms in total. The Morgan fingerprint density at radius 2 is 1.89 bits per heavy atom. The Bertz CT molecular complexity index is 610. The van der Waals surface area contributed by atoms with Gasteiger partial charge in [0.2, 0.25) is 0 Å². The molecule has 0 bridgehead atoms. The summed E-state index contributed by atoms with van der Waals surface area (Å²) in [7, 11) is 0. The van der Waals surface area contributed by atoms with Crippen molar-refractivity contribution in [3.05, 3.63) is 35.5 Å². The van der Waals surface area contributed by atoms with Crippen LogP contribution in [0.4, 0.5) is 4.39 Å². The molecule has 0 radical (unpaired) electrons. The van der Waals surface area contributed by atoms with E-state index in [9.17, 15) is 4.39 Å². The van der Waals surface area contributed by atoms with Gasteiger partial charge in [-0.05, 0) is 79.6 Å². The lowest BCUT2D eigenvalue weighted by molar-refractivity contribution is 0.0929. The molecule has 0 aromatic heterocycles. The molecule has 3 saturated carbocycles. The van der Waals surface area contributed by atoms with Crippen LogP contribution in [0, 0.1) is 29.1 Å². The zero-order valence-corrected chi connectivity index (χ0v) is 18.9. The van der Waals surface area contributed by atoms with Crippen molar-refractivity contribution < 1.29 is 4.39 Å². The highest BCUT2D eigenvalue weighted by molar-refractivity contribution is 5.36. The third kappa shape index (κ3) is 4.82. The van der Waals surface area contributed by atoms with E-state index in [-0.39, 0.29) is 0 Å². The number of rotatable bonds is 6. The molecule has 0 saturated heterocycles. The lowest BCUT2D eigenvalue weighted by atomic mass is 9.60. The van der Waals surface area contributed by atoms with Crippen LogP contribution >= 0.6 is 0 Å². The summed E-state index contributed by atoms with van der Waals surface area (Å²) < 4.78 is 13.8. The predicted molar refractivity (Wildman–Crippen MR) is 120 cm³/mol. The largest absolute Gasteiger partial charge is 0.247 e. The molecule has 1 heteroatoms. The Morgan fingerprint density at radius 1 is 1.11 bits per heavy atom. The molecule has 3 aliphatic carbocycles. The highest BCUT2D eigenvalue weighted by Gasteiger charge is 2.50. The number of halogens is 1. The van der Waals surface area contributed by atoms with Crippen LogP contribution in [0.3, 0.4) is 0 Å². The molecule has 3 rings (SSSR count). The van der Waals surface area contributed by atoms with E-state index in [0.29, 0.717) is 18.3 Å². The molecule has 0 amide bonds. The second-order valence-electron chi connectivity index (χ2n) is 10.8. The van der Waals surface area contributed by atoms with Crippen LogP contribution in [-0.4, -0.2) is 6.17 Å². The summed E-state index contributed by atoms with van der Waals surface area (Å²) in [4.78, 5) is 0. The van der Waals surface area contributed by atoms with Crippen molar-refractivity contribution in [1.82, 2.24) is 0 Å². The predicted octanol–water partition coefficient (Wildman–Crippen LogP) is 8.60. The smallest absolute Gasteiger partial charge is 0.104 e. The number of hydrogen-bond donors (Lipinski definition) is 0. The molecule has 3 aliphatic rings. The maximum absolute atomic E-state index is 13.8. The van der Waals surface area contributed by atoms with Crippen molar-refractivity contribution in [2.45, 2.75) is 104 Å². The molecule has 0 heterocycles. The van der Waals surface area contributed by atoms with Crippen molar-refractivity contribution >= 4 is 0 Å². The fourth-order valence-corrected chi connectivity index (χ4v) is 6.63. The van der Waals surface area contributed by atoms with Crippen molar-refractivity contribution in [3.63, 3.8) is 0 Å². The van der Waals surface area contributed by atoms with Gasteiger partial charge in [0.1, 0.15) is 6.17 Å².